The van der Waals surface area contributed by atoms with Crippen molar-refractivity contribution >= 4 is 23.4 Å². The Morgan fingerprint density at radius 3 is 2.44 bits per heavy atom. The summed E-state index contributed by atoms with van der Waals surface area (Å²) in [5, 5.41) is 0.466. The van der Waals surface area contributed by atoms with Crippen LogP contribution in [0, 0.1) is 0 Å². The zero-order chi connectivity index (χ0) is 12.4. The highest BCUT2D eigenvalue weighted by molar-refractivity contribution is 6.29. The lowest BCUT2D eigenvalue weighted by atomic mass is 10.4. The van der Waals surface area contributed by atoms with E-state index in [9.17, 15) is 0 Å². The molecule has 1 aromatic rings. The molecule has 0 unspecified atom stereocenters. The summed E-state index contributed by atoms with van der Waals surface area (Å²) in [6, 6.07) is 1.78. The van der Waals surface area contributed by atoms with Gasteiger partial charge in [-0.15, -0.1) is 0 Å². The topological polar surface area (TPSA) is 50.7 Å². The van der Waals surface area contributed by atoms with Gasteiger partial charge in [-0.2, -0.15) is 4.98 Å². The molecule has 7 heteroatoms. The van der Waals surface area contributed by atoms with Crippen LogP contribution in [0.1, 0.15) is 0 Å². The van der Waals surface area contributed by atoms with Gasteiger partial charge in [-0.3, -0.25) is 0 Å². The van der Waals surface area contributed by atoms with E-state index in [2.05, 4.69) is 19.8 Å². The van der Waals surface area contributed by atoms with Gasteiger partial charge in [-0.1, -0.05) is 11.6 Å². The molecule has 3 rings (SSSR count). The second-order valence-corrected chi connectivity index (χ2v) is 4.64. The van der Waals surface area contributed by atoms with E-state index in [1.54, 1.807) is 6.07 Å². The van der Waals surface area contributed by atoms with Gasteiger partial charge in [-0.05, 0) is 0 Å². The van der Waals surface area contributed by atoms with E-state index < -0.39 is 0 Å². The second kappa shape index (κ2) is 5.26. The van der Waals surface area contributed by atoms with E-state index in [0.717, 1.165) is 32.1 Å². The minimum atomic E-state index is 0.466. The molecular formula is C11H15ClN4O2. The smallest absolute Gasteiger partial charge is 0.228 e. The molecule has 2 saturated heterocycles. The molecule has 0 spiro atoms. The van der Waals surface area contributed by atoms with E-state index >= 15 is 0 Å². The molecular weight excluding hydrogens is 256 g/mol. The largest absolute Gasteiger partial charge is 0.378 e. The monoisotopic (exact) mass is 270 g/mol. The molecule has 1 aromatic heterocycles. The summed E-state index contributed by atoms with van der Waals surface area (Å²) in [5.74, 6) is 1.50. The molecule has 0 radical (unpaired) electrons. The van der Waals surface area contributed by atoms with Crippen LogP contribution in [0.5, 0.6) is 0 Å². The summed E-state index contributed by atoms with van der Waals surface area (Å²) in [6.45, 7) is 5.16. The third-order valence-corrected chi connectivity index (χ3v) is 3.23. The fourth-order valence-corrected chi connectivity index (χ4v) is 2.23. The van der Waals surface area contributed by atoms with Crippen LogP contribution < -0.4 is 9.80 Å². The zero-order valence-electron chi connectivity index (χ0n) is 10.0. The number of rotatable bonds is 2. The highest BCUT2D eigenvalue weighted by Gasteiger charge is 2.19. The lowest BCUT2D eigenvalue weighted by Gasteiger charge is -2.27. The van der Waals surface area contributed by atoms with Crippen molar-refractivity contribution in [3.8, 4) is 0 Å². The normalized spacial score (nSPS) is 20.5. The van der Waals surface area contributed by atoms with Crippen molar-refractivity contribution in [1.29, 1.82) is 0 Å². The summed E-state index contributed by atoms with van der Waals surface area (Å²) >= 11 is 6.07. The molecule has 0 aliphatic carbocycles. The van der Waals surface area contributed by atoms with E-state index in [-0.39, 0.29) is 0 Å². The van der Waals surface area contributed by atoms with Crippen LogP contribution in [0.15, 0.2) is 6.07 Å². The third-order valence-electron chi connectivity index (χ3n) is 3.04. The van der Waals surface area contributed by atoms with Crippen LogP contribution in [-0.4, -0.2) is 56.2 Å². The maximum Gasteiger partial charge on any atom is 0.228 e. The number of anilines is 2. The molecule has 2 fully saturated rings. The van der Waals surface area contributed by atoms with Crippen molar-refractivity contribution in [3.63, 3.8) is 0 Å². The Labute approximate surface area is 110 Å². The second-order valence-electron chi connectivity index (χ2n) is 4.25. The van der Waals surface area contributed by atoms with Gasteiger partial charge in [-0.25, -0.2) is 4.98 Å². The molecule has 0 saturated carbocycles. The lowest BCUT2D eigenvalue weighted by molar-refractivity contribution is 0.122. The first kappa shape index (κ1) is 12.0. The molecule has 2 aliphatic rings. The Morgan fingerprint density at radius 1 is 1.00 bits per heavy atom. The Hall–Kier alpha value is -1.11. The fraction of sp³-hybridized carbons (Fsp3) is 0.636. The summed E-state index contributed by atoms with van der Waals surface area (Å²) in [4.78, 5) is 13.0. The van der Waals surface area contributed by atoms with Crippen LogP contribution in [-0.2, 0) is 9.47 Å². The standard InChI is InChI=1S/C11H15ClN4O2/c12-9-7-10(16-3-6-18-8-16)14-11(13-9)15-1-4-17-5-2-15/h7H,1-6,8H2. The number of morpholine rings is 1. The van der Waals surface area contributed by atoms with Gasteiger partial charge in [0.1, 0.15) is 17.7 Å². The summed E-state index contributed by atoms with van der Waals surface area (Å²) in [5.41, 5.74) is 0. The minimum absolute atomic E-state index is 0.466. The summed E-state index contributed by atoms with van der Waals surface area (Å²) in [6.07, 6.45) is 0. The van der Waals surface area contributed by atoms with Crippen molar-refractivity contribution in [1.82, 2.24) is 9.97 Å². The number of hydrogen-bond acceptors (Lipinski definition) is 6. The SMILES string of the molecule is Clc1cc(N2CCOC2)nc(N2CCOCC2)n1. The number of nitrogens with zero attached hydrogens (tertiary/aromatic N) is 4. The Bertz CT molecular complexity index is 420. The fourth-order valence-electron chi connectivity index (χ4n) is 2.06. The lowest BCUT2D eigenvalue weighted by Crippen LogP contribution is -2.37. The first-order valence-electron chi connectivity index (χ1n) is 6.03. The van der Waals surface area contributed by atoms with Crippen molar-refractivity contribution < 1.29 is 9.47 Å². The van der Waals surface area contributed by atoms with E-state index in [4.69, 9.17) is 21.1 Å². The third kappa shape index (κ3) is 2.50. The highest BCUT2D eigenvalue weighted by Crippen LogP contribution is 2.22. The van der Waals surface area contributed by atoms with Crippen LogP contribution in [0.3, 0.4) is 0 Å². The van der Waals surface area contributed by atoms with Gasteiger partial charge >= 0.3 is 0 Å². The molecule has 2 aliphatic heterocycles. The Kier molecular flexibility index (Phi) is 3.49. The maximum atomic E-state index is 6.07. The van der Waals surface area contributed by atoms with Crippen LogP contribution in [0.2, 0.25) is 5.15 Å². The van der Waals surface area contributed by atoms with Crippen LogP contribution in [0.4, 0.5) is 11.8 Å². The molecule has 0 aromatic carbocycles. The predicted molar refractivity (Wildman–Crippen MR) is 68.2 cm³/mol. The quantitative estimate of drug-likeness (QED) is 0.740. The number of hydrogen-bond donors (Lipinski definition) is 0. The van der Waals surface area contributed by atoms with E-state index in [0.29, 0.717) is 31.0 Å². The van der Waals surface area contributed by atoms with Crippen LogP contribution >= 0.6 is 11.6 Å². The Morgan fingerprint density at radius 2 is 1.72 bits per heavy atom. The average Bonchev–Trinajstić information content (AvgIpc) is 2.93. The van der Waals surface area contributed by atoms with Gasteiger partial charge in [0.05, 0.1) is 19.8 Å². The molecule has 0 bridgehead atoms. The highest BCUT2D eigenvalue weighted by atomic mass is 35.5. The molecule has 18 heavy (non-hydrogen) atoms. The van der Waals surface area contributed by atoms with Gasteiger partial charge < -0.3 is 19.3 Å². The number of aromatic nitrogens is 2. The van der Waals surface area contributed by atoms with Gasteiger partial charge in [0.2, 0.25) is 5.95 Å². The van der Waals surface area contributed by atoms with E-state index in [1.165, 1.54) is 0 Å². The molecule has 98 valence electrons. The van der Waals surface area contributed by atoms with Gasteiger partial charge in [0.15, 0.2) is 0 Å². The molecule has 3 heterocycles. The maximum absolute atomic E-state index is 6.07. The van der Waals surface area contributed by atoms with Gasteiger partial charge in [0.25, 0.3) is 0 Å². The number of ether oxygens (including phenoxy) is 2. The van der Waals surface area contributed by atoms with Crippen molar-refractivity contribution in [2.75, 3.05) is 56.0 Å². The molecule has 0 N–H and O–H groups in total. The van der Waals surface area contributed by atoms with Crippen LogP contribution in [0.25, 0.3) is 0 Å². The minimum Gasteiger partial charge on any atom is -0.378 e. The Balaban J connectivity index is 1.84. The van der Waals surface area contributed by atoms with Crippen molar-refractivity contribution in [2.45, 2.75) is 0 Å². The summed E-state index contributed by atoms with van der Waals surface area (Å²) in [7, 11) is 0. The van der Waals surface area contributed by atoms with E-state index in [1.807, 2.05) is 0 Å². The molecule has 0 amide bonds. The zero-order valence-corrected chi connectivity index (χ0v) is 10.8. The van der Waals surface area contributed by atoms with Crippen molar-refractivity contribution in [2.24, 2.45) is 0 Å². The number of halogens is 1. The average molecular weight is 271 g/mol. The summed E-state index contributed by atoms with van der Waals surface area (Å²) < 4.78 is 10.6. The first-order chi connectivity index (χ1) is 8.83. The first-order valence-corrected chi connectivity index (χ1v) is 6.41. The predicted octanol–water partition coefficient (Wildman–Crippen LogP) is 0.761. The van der Waals surface area contributed by atoms with Crippen molar-refractivity contribution in [3.05, 3.63) is 11.2 Å². The molecule has 0 atom stereocenters. The van der Waals surface area contributed by atoms with Gasteiger partial charge in [0, 0.05) is 25.7 Å². The molecule has 6 nitrogen and oxygen atoms in total.